The van der Waals surface area contributed by atoms with Crippen molar-refractivity contribution >= 4 is 17.5 Å². The van der Waals surface area contributed by atoms with Crippen molar-refractivity contribution in [3.63, 3.8) is 0 Å². The van der Waals surface area contributed by atoms with Crippen molar-refractivity contribution in [3.05, 3.63) is 58.9 Å². The Morgan fingerprint density at radius 2 is 2.06 bits per heavy atom. The maximum atomic E-state index is 11.7. The fourth-order valence-electron chi connectivity index (χ4n) is 1.54. The van der Waals surface area contributed by atoms with E-state index in [9.17, 15) is 4.79 Å². The van der Waals surface area contributed by atoms with Crippen LogP contribution in [0.2, 0.25) is 5.02 Å². The number of nitrogens with one attached hydrogen (secondary N) is 1. The Balaban J connectivity index is 1.86. The van der Waals surface area contributed by atoms with Crippen molar-refractivity contribution in [2.45, 2.75) is 6.42 Å². The van der Waals surface area contributed by atoms with E-state index in [4.69, 9.17) is 11.6 Å². The van der Waals surface area contributed by atoms with Crippen molar-refractivity contribution in [2.75, 3.05) is 6.54 Å². The normalized spacial score (nSPS) is 10.1. The topological polar surface area (TPSA) is 54.9 Å². The molecule has 0 bridgehead atoms. The van der Waals surface area contributed by atoms with Crippen molar-refractivity contribution in [2.24, 2.45) is 0 Å². The zero-order chi connectivity index (χ0) is 12.8. The maximum absolute atomic E-state index is 11.7. The van der Waals surface area contributed by atoms with Gasteiger partial charge >= 0.3 is 0 Å². The second kappa shape index (κ2) is 6.12. The van der Waals surface area contributed by atoms with Gasteiger partial charge in [0, 0.05) is 11.6 Å². The minimum atomic E-state index is -0.156. The number of carbonyl (C=O) groups excluding carboxylic acids is 1. The van der Waals surface area contributed by atoms with E-state index < -0.39 is 0 Å². The second-order valence-corrected chi connectivity index (χ2v) is 4.14. The number of benzene rings is 1. The van der Waals surface area contributed by atoms with E-state index in [1.54, 1.807) is 6.07 Å². The van der Waals surface area contributed by atoms with Crippen LogP contribution in [0, 0.1) is 0 Å². The highest BCUT2D eigenvalue weighted by Crippen LogP contribution is 2.14. The van der Waals surface area contributed by atoms with Crippen LogP contribution in [-0.2, 0) is 6.42 Å². The molecule has 1 N–H and O–H groups in total. The molecule has 1 aromatic carbocycles. The van der Waals surface area contributed by atoms with Gasteiger partial charge in [0.05, 0.1) is 18.0 Å². The lowest BCUT2D eigenvalue weighted by atomic mass is 10.1. The predicted octanol–water partition coefficient (Wildman–Crippen LogP) is 2.10. The third-order valence-corrected chi connectivity index (χ3v) is 2.85. The summed E-state index contributed by atoms with van der Waals surface area (Å²) in [6, 6.07) is 9.22. The summed E-state index contributed by atoms with van der Waals surface area (Å²) in [5, 5.41) is 10.8. The Morgan fingerprint density at radius 3 is 2.78 bits per heavy atom. The molecule has 0 radical (unpaired) electrons. The smallest absolute Gasteiger partial charge is 0.252 e. The van der Waals surface area contributed by atoms with Gasteiger partial charge in [0.1, 0.15) is 0 Å². The largest absolute Gasteiger partial charge is 0.352 e. The Labute approximate surface area is 110 Å². The molecule has 2 aromatic rings. The molecule has 0 fully saturated rings. The van der Waals surface area contributed by atoms with Gasteiger partial charge in [-0.15, -0.1) is 0 Å². The molecule has 0 aliphatic carbocycles. The summed E-state index contributed by atoms with van der Waals surface area (Å²) in [5.41, 5.74) is 1.52. The Morgan fingerprint density at radius 1 is 1.22 bits per heavy atom. The lowest BCUT2D eigenvalue weighted by molar-refractivity contribution is 0.0953. The van der Waals surface area contributed by atoms with E-state index in [0.29, 0.717) is 18.5 Å². The average Bonchev–Trinajstić information content (AvgIpc) is 2.42. The van der Waals surface area contributed by atoms with E-state index in [-0.39, 0.29) is 5.91 Å². The standard InChI is InChI=1S/C13H12ClN3O/c14-12-4-2-1-3-10(12)5-7-15-13(18)11-6-8-16-17-9-11/h1-4,6,8-9H,5,7H2,(H,15,18). The summed E-state index contributed by atoms with van der Waals surface area (Å²) in [5.74, 6) is -0.156. The highest BCUT2D eigenvalue weighted by molar-refractivity contribution is 6.31. The highest BCUT2D eigenvalue weighted by atomic mass is 35.5. The summed E-state index contributed by atoms with van der Waals surface area (Å²) in [6.07, 6.45) is 3.62. The molecule has 1 aromatic heterocycles. The number of halogens is 1. The summed E-state index contributed by atoms with van der Waals surface area (Å²) in [6.45, 7) is 0.533. The molecule has 2 rings (SSSR count). The molecule has 5 heteroatoms. The molecular weight excluding hydrogens is 250 g/mol. The molecule has 0 aliphatic rings. The van der Waals surface area contributed by atoms with E-state index in [0.717, 1.165) is 10.6 Å². The van der Waals surface area contributed by atoms with Crippen LogP contribution in [0.15, 0.2) is 42.7 Å². The Hall–Kier alpha value is -1.94. The number of amides is 1. The molecule has 0 saturated carbocycles. The summed E-state index contributed by atoms with van der Waals surface area (Å²) < 4.78 is 0. The van der Waals surface area contributed by atoms with Crippen LogP contribution >= 0.6 is 11.6 Å². The molecular formula is C13H12ClN3O. The minimum Gasteiger partial charge on any atom is -0.352 e. The fraction of sp³-hybridized carbons (Fsp3) is 0.154. The van der Waals surface area contributed by atoms with Crippen molar-refractivity contribution in [1.82, 2.24) is 15.5 Å². The third-order valence-electron chi connectivity index (χ3n) is 2.48. The van der Waals surface area contributed by atoms with Gasteiger partial charge in [-0.3, -0.25) is 4.79 Å². The first-order chi connectivity index (χ1) is 8.77. The quantitative estimate of drug-likeness (QED) is 0.917. The van der Waals surface area contributed by atoms with Crippen LogP contribution in [0.25, 0.3) is 0 Å². The summed E-state index contributed by atoms with van der Waals surface area (Å²) in [7, 11) is 0. The Bertz CT molecular complexity index is 531. The number of carbonyl (C=O) groups is 1. The number of aromatic nitrogens is 2. The Kier molecular flexibility index (Phi) is 4.25. The van der Waals surface area contributed by atoms with Crippen LogP contribution in [0.1, 0.15) is 15.9 Å². The van der Waals surface area contributed by atoms with Gasteiger partial charge in [0.2, 0.25) is 0 Å². The summed E-state index contributed by atoms with van der Waals surface area (Å²) >= 11 is 6.03. The number of hydrogen-bond acceptors (Lipinski definition) is 3. The molecule has 0 spiro atoms. The molecule has 0 saturated heterocycles. The zero-order valence-electron chi connectivity index (χ0n) is 9.64. The van der Waals surface area contributed by atoms with Gasteiger partial charge in [-0.2, -0.15) is 10.2 Å². The molecule has 1 heterocycles. The molecule has 0 aliphatic heterocycles. The first-order valence-electron chi connectivity index (χ1n) is 5.55. The van der Waals surface area contributed by atoms with E-state index >= 15 is 0 Å². The van der Waals surface area contributed by atoms with Crippen LogP contribution < -0.4 is 5.32 Å². The molecule has 0 atom stereocenters. The third kappa shape index (κ3) is 3.28. The van der Waals surface area contributed by atoms with Crippen LogP contribution in [-0.4, -0.2) is 22.6 Å². The molecule has 92 valence electrons. The van der Waals surface area contributed by atoms with Crippen LogP contribution in [0.5, 0.6) is 0 Å². The second-order valence-electron chi connectivity index (χ2n) is 3.73. The van der Waals surface area contributed by atoms with Gasteiger partial charge < -0.3 is 5.32 Å². The monoisotopic (exact) mass is 261 g/mol. The number of rotatable bonds is 4. The van der Waals surface area contributed by atoms with Gasteiger partial charge in [0.15, 0.2) is 0 Å². The van der Waals surface area contributed by atoms with Crippen LogP contribution in [0.3, 0.4) is 0 Å². The van der Waals surface area contributed by atoms with E-state index in [1.165, 1.54) is 12.4 Å². The van der Waals surface area contributed by atoms with Crippen molar-refractivity contribution in [3.8, 4) is 0 Å². The zero-order valence-corrected chi connectivity index (χ0v) is 10.4. The summed E-state index contributed by atoms with van der Waals surface area (Å²) in [4.78, 5) is 11.7. The molecule has 18 heavy (non-hydrogen) atoms. The predicted molar refractivity (Wildman–Crippen MR) is 69.5 cm³/mol. The molecule has 0 unspecified atom stereocenters. The van der Waals surface area contributed by atoms with Gasteiger partial charge in [0.25, 0.3) is 5.91 Å². The van der Waals surface area contributed by atoms with Crippen LogP contribution in [0.4, 0.5) is 0 Å². The van der Waals surface area contributed by atoms with E-state index in [2.05, 4.69) is 15.5 Å². The SMILES string of the molecule is O=C(NCCc1ccccc1Cl)c1ccnnc1. The van der Waals surface area contributed by atoms with Gasteiger partial charge in [-0.25, -0.2) is 0 Å². The van der Waals surface area contributed by atoms with Crippen molar-refractivity contribution in [1.29, 1.82) is 0 Å². The lowest BCUT2D eigenvalue weighted by Gasteiger charge is -2.06. The van der Waals surface area contributed by atoms with Gasteiger partial charge in [-0.1, -0.05) is 29.8 Å². The van der Waals surface area contributed by atoms with E-state index in [1.807, 2.05) is 24.3 Å². The van der Waals surface area contributed by atoms with Gasteiger partial charge in [-0.05, 0) is 24.1 Å². The molecule has 1 amide bonds. The van der Waals surface area contributed by atoms with Crippen molar-refractivity contribution < 1.29 is 4.79 Å². The average molecular weight is 262 g/mol. The highest BCUT2D eigenvalue weighted by Gasteiger charge is 2.05. The fourth-order valence-corrected chi connectivity index (χ4v) is 1.77. The molecule has 4 nitrogen and oxygen atoms in total. The first kappa shape index (κ1) is 12.5. The minimum absolute atomic E-state index is 0.156. The first-order valence-corrected chi connectivity index (χ1v) is 5.93. The lowest BCUT2D eigenvalue weighted by Crippen LogP contribution is -2.25. The number of hydrogen-bond donors (Lipinski definition) is 1. The maximum Gasteiger partial charge on any atom is 0.252 e. The number of nitrogens with zero attached hydrogens (tertiary/aromatic N) is 2.